The summed E-state index contributed by atoms with van der Waals surface area (Å²) in [6.45, 7) is 2.69. The van der Waals surface area contributed by atoms with E-state index in [1.165, 1.54) is 5.56 Å². The van der Waals surface area contributed by atoms with E-state index < -0.39 is 0 Å². The van der Waals surface area contributed by atoms with Gasteiger partial charge in [0.2, 0.25) is 0 Å². The Morgan fingerprint density at radius 2 is 2.21 bits per heavy atom. The molecule has 0 radical (unpaired) electrons. The predicted octanol–water partition coefficient (Wildman–Crippen LogP) is 1.68. The summed E-state index contributed by atoms with van der Waals surface area (Å²) in [4.78, 5) is 2.23. The standard InChI is InChI=1S/C15H24N2O2/c1-17(2)14(10-12-11-16-8-9-19-12)13-6-4-5-7-15(13)18-3/h4-7,12,14,16H,8-11H2,1-3H3. The molecule has 106 valence electrons. The summed E-state index contributed by atoms with van der Waals surface area (Å²) < 4.78 is 11.3. The van der Waals surface area contributed by atoms with Crippen LogP contribution >= 0.6 is 0 Å². The van der Waals surface area contributed by atoms with Gasteiger partial charge in [-0.25, -0.2) is 0 Å². The van der Waals surface area contributed by atoms with Crippen molar-refractivity contribution in [1.82, 2.24) is 10.2 Å². The first-order chi connectivity index (χ1) is 9.22. The Labute approximate surface area is 115 Å². The molecule has 0 bridgehead atoms. The molecule has 0 aliphatic carbocycles. The van der Waals surface area contributed by atoms with Gasteiger partial charge >= 0.3 is 0 Å². The molecule has 1 saturated heterocycles. The van der Waals surface area contributed by atoms with Crippen molar-refractivity contribution in [3.8, 4) is 5.75 Å². The third kappa shape index (κ3) is 3.69. The Morgan fingerprint density at radius 1 is 1.42 bits per heavy atom. The molecule has 1 aliphatic heterocycles. The summed E-state index contributed by atoms with van der Waals surface area (Å²) in [6.07, 6.45) is 1.24. The van der Waals surface area contributed by atoms with Crippen LogP contribution in [-0.4, -0.2) is 51.9 Å². The van der Waals surface area contributed by atoms with Crippen molar-refractivity contribution in [2.45, 2.75) is 18.6 Å². The van der Waals surface area contributed by atoms with Gasteiger partial charge in [0.1, 0.15) is 5.75 Å². The Bertz CT molecular complexity index is 389. The van der Waals surface area contributed by atoms with Gasteiger partial charge in [-0.05, 0) is 26.6 Å². The van der Waals surface area contributed by atoms with Crippen molar-refractivity contribution in [1.29, 1.82) is 0 Å². The van der Waals surface area contributed by atoms with Gasteiger partial charge in [-0.3, -0.25) is 0 Å². The van der Waals surface area contributed by atoms with Crippen LogP contribution in [0.4, 0.5) is 0 Å². The Balaban J connectivity index is 2.14. The second kappa shape index (κ2) is 6.89. The van der Waals surface area contributed by atoms with Crippen molar-refractivity contribution in [3.63, 3.8) is 0 Å². The quantitative estimate of drug-likeness (QED) is 0.877. The van der Waals surface area contributed by atoms with Gasteiger partial charge in [-0.15, -0.1) is 0 Å². The van der Waals surface area contributed by atoms with Gasteiger partial charge < -0.3 is 19.7 Å². The number of hydrogen-bond acceptors (Lipinski definition) is 4. The number of methoxy groups -OCH3 is 1. The van der Waals surface area contributed by atoms with Crippen LogP contribution in [-0.2, 0) is 4.74 Å². The molecule has 2 rings (SSSR count). The van der Waals surface area contributed by atoms with Crippen LogP contribution in [0.1, 0.15) is 18.0 Å². The highest BCUT2D eigenvalue weighted by atomic mass is 16.5. The molecule has 2 atom stereocenters. The average molecular weight is 264 g/mol. The lowest BCUT2D eigenvalue weighted by atomic mass is 9.98. The maximum Gasteiger partial charge on any atom is 0.123 e. The van der Waals surface area contributed by atoms with Gasteiger partial charge in [-0.1, -0.05) is 18.2 Å². The maximum absolute atomic E-state index is 5.82. The minimum Gasteiger partial charge on any atom is -0.496 e. The average Bonchev–Trinajstić information content (AvgIpc) is 2.45. The van der Waals surface area contributed by atoms with Gasteiger partial charge in [0.15, 0.2) is 0 Å². The normalized spacial score (nSPS) is 21.4. The number of benzene rings is 1. The van der Waals surface area contributed by atoms with E-state index in [0.717, 1.165) is 31.9 Å². The van der Waals surface area contributed by atoms with E-state index in [4.69, 9.17) is 9.47 Å². The highest BCUT2D eigenvalue weighted by molar-refractivity contribution is 5.36. The second-order valence-electron chi connectivity index (χ2n) is 5.15. The van der Waals surface area contributed by atoms with Crippen LogP contribution in [0, 0.1) is 0 Å². The number of para-hydroxylation sites is 1. The summed E-state index contributed by atoms with van der Waals surface area (Å²) in [6, 6.07) is 8.54. The van der Waals surface area contributed by atoms with Crippen LogP contribution in [0.5, 0.6) is 5.75 Å². The highest BCUT2D eigenvalue weighted by Gasteiger charge is 2.24. The molecule has 1 heterocycles. The summed E-state index contributed by atoms with van der Waals surface area (Å²) >= 11 is 0. The van der Waals surface area contributed by atoms with E-state index in [9.17, 15) is 0 Å². The van der Waals surface area contributed by atoms with Gasteiger partial charge in [0.05, 0.1) is 19.8 Å². The van der Waals surface area contributed by atoms with E-state index in [1.54, 1.807) is 7.11 Å². The second-order valence-corrected chi connectivity index (χ2v) is 5.15. The fourth-order valence-electron chi connectivity index (χ4n) is 2.58. The number of morpholine rings is 1. The summed E-state index contributed by atoms with van der Waals surface area (Å²) in [7, 11) is 5.94. The number of hydrogen-bond donors (Lipinski definition) is 1. The molecule has 0 amide bonds. The van der Waals surface area contributed by atoms with Crippen LogP contribution in [0.2, 0.25) is 0 Å². The lowest BCUT2D eigenvalue weighted by molar-refractivity contribution is 0.00872. The number of ether oxygens (including phenoxy) is 2. The molecule has 4 heteroatoms. The fourth-order valence-corrected chi connectivity index (χ4v) is 2.58. The molecule has 0 aromatic heterocycles. The van der Waals surface area contributed by atoms with E-state index in [1.807, 2.05) is 12.1 Å². The molecule has 1 aliphatic rings. The monoisotopic (exact) mass is 264 g/mol. The smallest absolute Gasteiger partial charge is 0.123 e. The lowest BCUT2D eigenvalue weighted by Gasteiger charge is -2.32. The summed E-state index contributed by atoms with van der Waals surface area (Å²) in [5.41, 5.74) is 1.23. The molecular weight excluding hydrogens is 240 g/mol. The molecule has 1 aromatic rings. The Hall–Kier alpha value is -1.10. The fraction of sp³-hybridized carbons (Fsp3) is 0.600. The van der Waals surface area contributed by atoms with Gasteiger partial charge in [-0.2, -0.15) is 0 Å². The summed E-state index contributed by atoms with van der Waals surface area (Å²) in [5.74, 6) is 0.949. The molecular formula is C15H24N2O2. The minimum absolute atomic E-state index is 0.270. The molecule has 0 saturated carbocycles. The Morgan fingerprint density at radius 3 is 2.84 bits per heavy atom. The van der Waals surface area contributed by atoms with Crippen molar-refractivity contribution < 1.29 is 9.47 Å². The van der Waals surface area contributed by atoms with Crippen molar-refractivity contribution in [2.24, 2.45) is 0 Å². The zero-order valence-electron chi connectivity index (χ0n) is 12.1. The minimum atomic E-state index is 0.270. The Kier molecular flexibility index (Phi) is 5.19. The van der Waals surface area contributed by atoms with Gasteiger partial charge in [0.25, 0.3) is 0 Å². The van der Waals surface area contributed by atoms with Crippen LogP contribution < -0.4 is 10.1 Å². The zero-order chi connectivity index (χ0) is 13.7. The van der Waals surface area contributed by atoms with E-state index in [-0.39, 0.29) is 6.10 Å². The third-order valence-corrected chi connectivity index (χ3v) is 3.61. The number of nitrogens with zero attached hydrogens (tertiary/aromatic N) is 1. The molecule has 2 unspecified atom stereocenters. The van der Waals surface area contributed by atoms with Crippen molar-refractivity contribution in [2.75, 3.05) is 40.9 Å². The molecule has 1 N–H and O–H groups in total. The van der Waals surface area contributed by atoms with E-state index >= 15 is 0 Å². The molecule has 1 fully saturated rings. The van der Waals surface area contributed by atoms with Crippen molar-refractivity contribution >= 4 is 0 Å². The van der Waals surface area contributed by atoms with Crippen LogP contribution in [0.15, 0.2) is 24.3 Å². The van der Waals surface area contributed by atoms with Crippen LogP contribution in [0.3, 0.4) is 0 Å². The first kappa shape index (κ1) is 14.3. The number of rotatable bonds is 5. The van der Waals surface area contributed by atoms with Crippen LogP contribution in [0.25, 0.3) is 0 Å². The van der Waals surface area contributed by atoms with E-state index in [0.29, 0.717) is 6.04 Å². The van der Waals surface area contributed by atoms with Gasteiger partial charge in [0, 0.05) is 24.7 Å². The van der Waals surface area contributed by atoms with Crippen molar-refractivity contribution in [3.05, 3.63) is 29.8 Å². The maximum atomic E-state index is 5.82. The SMILES string of the molecule is COc1ccccc1C(CC1CNCCO1)N(C)C. The largest absolute Gasteiger partial charge is 0.496 e. The predicted molar refractivity (Wildman–Crippen MR) is 76.6 cm³/mol. The van der Waals surface area contributed by atoms with E-state index in [2.05, 4.69) is 36.4 Å². The molecule has 0 spiro atoms. The first-order valence-corrected chi connectivity index (χ1v) is 6.84. The number of nitrogens with one attached hydrogen (secondary N) is 1. The molecule has 4 nitrogen and oxygen atoms in total. The lowest BCUT2D eigenvalue weighted by Crippen LogP contribution is -2.40. The molecule has 19 heavy (non-hydrogen) atoms. The zero-order valence-corrected chi connectivity index (χ0v) is 12.1. The third-order valence-electron chi connectivity index (χ3n) is 3.61. The topological polar surface area (TPSA) is 33.7 Å². The summed E-state index contributed by atoms with van der Waals surface area (Å²) in [5, 5.41) is 3.38. The first-order valence-electron chi connectivity index (χ1n) is 6.84. The molecule has 1 aromatic carbocycles. The highest BCUT2D eigenvalue weighted by Crippen LogP contribution is 2.31.